The summed E-state index contributed by atoms with van der Waals surface area (Å²) in [4.78, 5) is 0. The van der Waals surface area contributed by atoms with Crippen molar-refractivity contribution in [2.45, 2.75) is 32.5 Å². The summed E-state index contributed by atoms with van der Waals surface area (Å²) in [6.07, 6.45) is -1.27. The van der Waals surface area contributed by atoms with Crippen molar-refractivity contribution in [2.24, 2.45) is 5.73 Å². The molecule has 0 fully saturated rings. The predicted octanol–water partition coefficient (Wildman–Crippen LogP) is 2.88. The number of benzene rings is 1. The first-order chi connectivity index (χ1) is 6.32. The molecule has 3 heteroatoms. The molecule has 0 radical (unpaired) electrons. The van der Waals surface area contributed by atoms with E-state index in [-0.39, 0.29) is 5.82 Å². The van der Waals surface area contributed by atoms with Gasteiger partial charge in [-0.25, -0.2) is 8.78 Å². The molecule has 0 aliphatic rings. The molecular weight excluding hydrogens is 184 g/mol. The van der Waals surface area contributed by atoms with Crippen molar-refractivity contribution in [1.29, 1.82) is 0 Å². The highest BCUT2D eigenvalue weighted by Gasteiger charge is 2.27. The van der Waals surface area contributed by atoms with Crippen LogP contribution in [0.15, 0.2) is 18.2 Å². The Labute approximate surface area is 82.9 Å². The molecule has 1 atom stereocenters. The molecule has 0 saturated carbocycles. The largest absolute Gasteiger partial charge is 0.323 e. The molecule has 1 rings (SSSR count). The van der Waals surface area contributed by atoms with Gasteiger partial charge in [-0.05, 0) is 44.0 Å². The Morgan fingerprint density at radius 3 is 2.36 bits per heavy atom. The van der Waals surface area contributed by atoms with Crippen LogP contribution in [0, 0.1) is 12.7 Å². The van der Waals surface area contributed by atoms with Gasteiger partial charge in [0, 0.05) is 5.54 Å². The van der Waals surface area contributed by atoms with Gasteiger partial charge < -0.3 is 5.73 Å². The van der Waals surface area contributed by atoms with Crippen molar-refractivity contribution >= 4 is 0 Å². The zero-order chi connectivity index (χ0) is 10.9. The van der Waals surface area contributed by atoms with Crippen LogP contribution >= 0.6 is 0 Å². The van der Waals surface area contributed by atoms with Gasteiger partial charge in [-0.2, -0.15) is 0 Å². The molecule has 78 valence electrons. The highest BCUT2D eigenvalue weighted by Crippen LogP contribution is 2.29. The first kappa shape index (κ1) is 11.1. The van der Waals surface area contributed by atoms with E-state index in [2.05, 4.69) is 0 Å². The molecule has 0 spiro atoms. The quantitative estimate of drug-likeness (QED) is 0.778. The minimum Gasteiger partial charge on any atom is -0.323 e. The average molecular weight is 199 g/mol. The second-order valence-electron chi connectivity index (χ2n) is 4.18. The monoisotopic (exact) mass is 199 g/mol. The number of alkyl halides is 1. The molecular formula is C11H15F2N. The number of hydrogen-bond acceptors (Lipinski definition) is 1. The van der Waals surface area contributed by atoms with Crippen LogP contribution in [0.2, 0.25) is 0 Å². The van der Waals surface area contributed by atoms with Gasteiger partial charge in [0.15, 0.2) is 0 Å². The molecule has 2 N–H and O–H groups in total. The van der Waals surface area contributed by atoms with Crippen LogP contribution in [-0.4, -0.2) is 5.54 Å². The van der Waals surface area contributed by atoms with E-state index < -0.39 is 11.7 Å². The van der Waals surface area contributed by atoms with Crippen LogP contribution in [0.25, 0.3) is 0 Å². The van der Waals surface area contributed by atoms with E-state index in [0.29, 0.717) is 11.1 Å². The molecule has 0 heterocycles. The van der Waals surface area contributed by atoms with E-state index in [1.165, 1.54) is 18.2 Å². The van der Waals surface area contributed by atoms with E-state index in [4.69, 9.17) is 5.73 Å². The highest BCUT2D eigenvalue weighted by molar-refractivity contribution is 5.30. The number of rotatable bonds is 2. The van der Waals surface area contributed by atoms with Gasteiger partial charge >= 0.3 is 0 Å². The lowest BCUT2D eigenvalue weighted by molar-refractivity contribution is 0.222. The minimum atomic E-state index is -1.27. The maximum atomic E-state index is 13.8. The zero-order valence-electron chi connectivity index (χ0n) is 8.64. The van der Waals surface area contributed by atoms with Gasteiger partial charge in [0.2, 0.25) is 0 Å². The fourth-order valence-electron chi connectivity index (χ4n) is 1.32. The third-order valence-electron chi connectivity index (χ3n) is 2.16. The van der Waals surface area contributed by atoms with E-state index in [1.807, 2.05) is 0 Å². The second-order valence-corrected chi connectivity index (χ2v) is 4.18. The summed E-state index contributed by atoms with van der Waals surface area (Å²) < 4.78 is 26.5. The SMILES string of the molecule is Cc1cc(F)ccc1C(F)C(C)(C)N. The van der Waals surface area contributed by atoms with Gasteiger partial charge in [0.25, 0.3) is 0 Å². The molecule has 0 amide bonds. The molecule has 0 bridgehead atoms. The third-order valence-corrected chi connectivity index (χ3v) is 2.16. The molecule has 0 aliphatic heterocycles. The fraction of sp³-hybridized carbons (Fsp3) is 0.455. The first-order valence-electron chi connectivity index (χ1n) is 4.51. The van der Waals surface area contributed by atoms with Gasteiger partial charge in [-0.15, -0.1) is 0 Å². The van der Waals surface area contributed by atoms with E-state index in [9.17, 15) is 8.78 Å². The fourth-order valence-corrected chi connectivity index (χ4v) is 1.32. The minimum absolute atomic E-state index is 0.353. The number of aryl methyl sites for hydroxylation is 1. The van der Waals surface area contributed by atoms with Gasteiger partial charge in [0.1, 0.15) is 12.0 Å². The Kier molecular flexibility index (Phi) is 2.90. The van der Waals surface area contributed by atoms with Gasteiger partial charge in [-0.1, -0.05) is 6.07 Å². The predicted molar refractivity (Wildman–Crippen MR) is 53.3 cm³/mol. The summed E-state index contributed by atoms with van der Waals surface area (Å²) >= 11 is 0. The van der Waals surface area contributed by atoms with Crippen LogP contribution in [0.4, 0.5) is 8.78 Å². The summed E-state index contributed by atoms with van der Waals surface area (Å²) in [5.74, 6) is -0.353. The van der Waals surface area contributed by atoms with Crippen LogP contribution < -0.4 is 5.73 Å². The smallest absolute Gasteiger partial charge is 0.143 e. The summed E-state index contributed by atoms with van der Waals surface area (Å²) in [5, 5.41) is 0. The molecule has 1 aromatic rings. The Balaban J connectivity index is 3.08. The summed E-state index contributed by atoms with van der Waals surface area (Å²) in [6.45, 7) is 4.90. The van der Waals surface area contributed by atoms with Crippen LogP contribution in [0.3, 0.4) is 0 Å². The van der Waals surface area contributed by atoms with Crippen molar-refractivity contribution in [3.8, 4) is 0 Å². The zero-order valence-corrected chi connectivity index (χ0v) is 8.64. The highest BCUT2D eigenvalue weighted by atomic mass is 19.1. The lowest BCUT2D eigenvalue weighted by atomic mass is 9.91. The maximum Gasteiger partial charge on any atom is 0.143 e. The Hall–Kier alpha value is -0.960. The van der Waals surface area contributed by atoms with Crippen LogP contribution in [0.1, 0.15) is 31.1 Å². The normalized spacial score (nSPS) is 14.1. The Morgan fingerprint density at radius 1 is 1.36 bits per heavy atom. The number of nitrogens with two attached hydrogens (primary N) is 1. The number of halogens is 2. The van der Waals surface area contributed by atoms with Crippen LogP contribution in [0.5, 0.6) is 0 Å². The average Bonchev–Trinajstić information content (AvgIpc) is 2.01. The molecule has 0 aliphatic carbocycles. The molecule has 0 saturated heterocycles. The maximum absolute atomic E-state index is 13.8. The summed E-state index contributed by atoms with van der Waals surface area (Å²) in [5.41, 5.74) is 5.76. The van der Waals surface area contributed by atoms with Gasteiger partial charge in [-0.3, -0.25) is 0 Å². The van der Waals surface area contributed by atoms with Crippen molar-refractivity contribution in [3.05, 3.63) is 35.1 Å². The van der Waals surface area contributed by atoms with Crippen molar-refractivity contribution in [2.75, 3.05) is 0 Å². The molecule has 1 aromatic carbocycles. The number of hydrogen-bond donors (Lipinski definition) is 1. The first-order valence-corrected chi connectivity index (χ1v) is 4.51. The van der Waals surface area contributed by atoms with Crippen molar-refractivity contribution in [3.63, 3.8) is 0 Å². The lowest BCUT2D eigenvalue weighted by Gasteiger charge is -2.25. The van der Waals surface area contributed by atoms with Crippen molar-refractivity contribution in [1.82, 2.24) is 0 Å². The summed E-state index contributed by atoms with van der Waals surface area (Å²) in [6, 6.07) is 4.01. The Bertz CT molecular complexity index is 329. The molecule has 0 aromatic heterocycles. The van der Waals surface area contributed by atoms with Crippen molar-refractivity contribution < 1.29 is 8.78 Å². The molecule has 1 unspecified atom stereocenters. The second kappa shape index (κ2) is 3.65. The molecule has 14 heavy (non-hydrogen) atoms. The van der Waals surface area contributed by atoms with Gasteiger partial charge in [0.05, 0.1) is 0 Å². The standard InChI is InChI=1S/C11H15F2N/c1-7-6-8(12)4-5-9(7)10(13)11(2,3)14/h4-6,10H,14H2,1-3H3. The van der Waals surface area contributed by atoms with E-state index in [0.717, 1.165) is 0 Å². The lowest BCUT2D eigenvalue weighted by Crippen LogP contribution is -2.37. The molecule has 1 nitrogen and oxygen atoms in total. The van der Waals surface area contributed by atoms with E-state index in [1.54, 1.807) is 20.8 Å². The van der Waals surface area contributed by atoms with E-state index >= 15 is 0 Å². The Morgan fingerprint density at radius 2 is 1.93 bits per heavy atom. The topological polar surface area (TPSA) is 26.0 Å². The third kappa shape index (κ3) is 2.29. The van der Waals surface area contributed by atoms with Crippen LogP contribution in [-0.2, 0) is 0 Å². The summed E-state index contributed by atoms with van der Waals surface area (Å²) in [7, 11) is 0.